The number of nitrogens with zero attached hydrogens (tertiary/aromatic N) is 1. The molecule has 1 N–H and O–H groups in total. The average molecular weight is 284 g/mol. The van der Waals surface area contributed by atoms with Crippen molar-refractivity contribution < 1.29 is 17.6 Å². The maximum atomic E-state index is 13.0. The van der Waals surface area contributed by atoms with E-state index in [0.29, 0.717) is 12.2 Å². The first-order valence-electron chi connectivity index (χ1n) is 6.24. The van der Waals surface area contributed by atoms with Gasteiger partial charge in [-0.25, -0.2) is 0 Å². The predicted molar refractivity (Wildman–Crippen MR) is 68.2 cm³/mol. The largest absolute Gasteiger partial charge is 0.464 e. The zero-order chi connectivity index (χ0) is 14.8. The highest BCUT2D eigenvalue weighted by Gasteiger charge is 2.36. The van der Waals surface area contributed by atoms with E-state index in [0.717, 1.165) is 18.0 Å². The summed E-state index contributed by atoms with van der Waals surface area (Å²) in [4.78, 5) is 3.80. The molecule has 1 atom stereocenters. The summed E-state index contributed by atoms with van der Waals surface area (Å²) in [7, 11) is 1.59. The number of furan rings is 1. The third-order valence-electron chi connectivity index (χ3n) is 3.07. The summed E-state index contributed by atoms with van der Waals surface area (Å²) in [5, 5.41) is 2.85. The third kappa shape index (κ3) is 2.85. The van der Waals surface area contributed by atoms with Crippen molar-refractivity contribution >= 4 is 0 Å². The van der Waals surface area contributed by atoms with Gasteiger partial charge in [0.1, 0.15) is 11.5 Å². The number of pyridine rings is 1. The minimum absolute atomic E-state index is 0.0551. The smallest absolute Gasteiger partial charge is 0.416 e. The Morgan fingerprint density at radius 1 is 1.30 bits per heavy atom. The van der Waals surface area contributed by atoms with Gasteiger partial charge in [-0.2, -0.15) is 13.2 Å². The molecule has 0 saturated carbocycles. The molecule has 0 aliphatic rings. The summed E-state index contributed by atoms with van der Waals surface area (Å²) in [6, 6.07) is 3.75. The van der Waals surface area contributed by atoms with Crippen molar-refractivity contribution in [3.05, 3.63) is 53.2 Å². The van der Waals surface area contributed by atoms with Crippen LogP contribution in [-0.4, -0.2) is 12.0 Å². The summed E-state index contributed by atoms with van der Waals surface area (Å²) in [6.45, 7) is 1.92. The summed E-state index contributed by atoms with van der Waals surface area (Å²) < 4.78 is 44.7. The fourth-order valence-electron chi connectivity index (χ4n) is 2.09. The first-order chi connectivity index (χ1) is 9.47. The van der Waals surface area contributed by atoms with Crippen LogP contribution in [-0.2, 0) is 12.6 Å². The summed E-state index contributed by atoms with van der Waals surface area (Å²) in [5.74, 6) is 1.18. The van der Waals surface area contributed by atoms with Crippen LogP contribution in [0.25, 0.3) is 0 Å². The van der Waals surface area contributed by atoms with E-state index in [1.807, 2.05) is 6.92 Å². The van der Waals surface area contributed by atoms with Crippen LogP contribution in [0.4, 0.5) is 13.2 Å². The molecule has 0 bridgehead atoms. The highest BCUT2D eigenvalue weighted by atomic mass is 19.4. The lowest BCUT2D eigenvalue weighted by atomic mass is 10.0. The lowest BCUT2D eigenvalue weighted by Crippen LogP contribution is -2.21. The fraction of sp³-hybridized carbons (Fsp3) is 0.357. The summed E-state index contributed by atoms with van der Waals surface area (Å²) in [6.07, 6.45) is -1.38. The van der Waals surface area contributed by atoms with Crippen molar-refractivity contribution in [2.24, 2.45) is 0 Å². The Bertz CT molecular complexity index is 578. The number of rotatable bonds is 4. The molecule has 1 unspecified atom stereocenters. The predicted octanol–water partition coefficient (Wildman–Crippen LogP) is 3.56. The number of hydrogen-bond donors (Lipinski definition) is 1. The minimum Gasteiger partial charge on any atom is -0.464 e. The van der Waals surface area contributed by atoms with Crippen molar-refractivity contribution in [1.29, 1.82) is 0 Å². The molecule has 2 heterocycles. The van der Waals surface area contributed by atoms with E-state index < -0.39 is 17.8 Å². The van der Waals surface area contributed by atoms with E-state index in [9.17, 15) is 13.2 Å². The van der Waals surface area contributed by atoms with Gasteiger partial charge in [0.2, 0.25) is 0 Å². The Morgan fingerprint density at radius 3 is 2.60 bits per heavy atom. The topological polar surface area (TPSA) is 38.1 Å². The number of hydrogen-bond acceptors (Lipinski definition) is 3. The molecule has 20 heavy (non-hydrogen) atoms. The molecule has 0 radical (unpaired) electrons. The monoisotopic (exact) mass is 284 g/mol. The first-order valence-corrected chi connectivity index (χ1v) is 6.24. The molecule has 0 aromatic carbocycles. The number of alkyl halides is 3. The van der Waals surface area contributed by atoms with Crippen LogP contribution in [0.2, 0.25) is 0 Å². The van der Waals surface area contributed by atoms with Gasteiger partial charge >= 0.3 is 6.18 Å². The SMILES string of the molecule is CCc1ccc(C(NC)c2cnccc2C(F)(F)F)o1. The molecule has 2 aromatic rings. The maximum absolute atomic E-state index is 13.0. The number of aromatic nitrogens is 1. The second-order valence-electron chi connectivity index (χ2n) is 4.34. The summed E-state index contributed by atoms with van der Waals surface area (Å²) in [5.41, 5.74) is -0.652. The van der Waals surface area contributed by atoms with Gasteiger partial charge in [0.15, 0.2) is 0 Å². The van der Waals surface area contributed by atoms with Gasteiger partial charge in [-0.1, -0.05) is 6.92 Å². The van der Waals surface area contributed by atoms with Crippen LogP contribution in [0.3, 0.4) is 0 Å². The Kier molecular flexibility index (Phi) is 4.13. The van der Waals surface area contributed by atoms with E-state index in [2.05, 4.69) is 10.3 Å². The van der Waals surface area contributed by atoms with E-state index in [1.54, 1.807) is 19.2 Å². The van der Waals surface area contributed by atoms with Crippen LogP contribution in [0.5, 0.6) is 0 Å². The van der Waals surface area contributed by atoms with Gasteiger partial charge in [-0.15, -0.1) is 0 Å². The van der Waals surface area contributed by atoms with E-state index in [1.165, 1.54) is 6.20 Å². The number of halogens is 3. The second-order valence-corrected chi connectivity index (χ2v) is 4.34. The maximum Gasteiger partial charge on any atom is 0.416 e. The molecule has 0 aliphatic heterocycles. The van der Waals surface area contributed by atoms with Gasteiger partial charge in [0.25, 0.3) is 0 Å². The van der Waals surface area contributed by atoms with Crippen molar-refractivity contribution in [2.45, 2.75) is 25.6 Å². The van der Waals surface area contributed by atoms with Crippen molar-refractivity contribution in [1.82, 2.24) is 10.3 Å². The molecule has 0 amide bonds. The molecule has 0 saturated heterocycles. The Hall–Kier alpha value is -1.82. The minimum atomic E-state index is -4.42. The fourth-order valence-corrected chi connectivity index (χ4v) is 2.09. The Labute approximate surface area is 114 Å². The third-order valence-corrected chi connectivity index (χ3v) is 3.07. The Balaban J connectivity index is 2.47. The van der Waals surface area contributed by atoms with Crippen LogP contribution in [0.15, 0.2) is 35.0 Å². The molecule has 2 aromatic heterocycles. The second kappa shape index (κ2) is 5.66. The lowest BCUT2D eigenvalue weighted by Gasteiger charge is -2.19. The lowest BCUT2D eigenvalue weighted by molar-refractivity contribution is -0.138. The highest BCUT2D eigenvalue weighted by Crippen LogP contribution is 2.36. The van der Waals surface area contributed by atoms with Crippen molar-refractivity contribution in [3.63, 3.8) is 0 Å². The highest BCUT2D eigenvalue weighted by molar-refractivity contribution is 5.34. The van der Waals surface area contributed by atoms with Crippen LogP contribution >= 0.6 is 0 Å². The van der Waals surface area contributed by atoms with E-state index >= 15 is 0 Å². The van der Waals surface area contributed by atoms with Crippen molar-refractivity contribution in [3.8, 4) is 0 Å². The number of aryl methyl sites for hydroxylation is 1. The first kappa shape index (κ1) is 14.6. The van der Waals surface area contributed by atoms with Crippen LogP contribution in [0.1, 0.15) is 35.6 Å². The van der Waals surface area contributed by atoms with Crippen LogP contribution < -0.4 is 5.32 Å². The summed E-state index contributed by atoms with van der Waals surface area (Å²) >= 11 is 0. The van der Waals surface area contributed by atoms with Gasteiger partial charge in [0.05, 0.1) is 11.6 Å². The standard InChI is InChI=1S/C14H15F3N2O/c1-3-9-4-5-12(20-9)13(18-2)10-8-19-7-6-11(10)14(15,16)17/h4-8,13,18H,3H2,1-2H3. The molecule has 0 spiro atoms. The van der Waals surface area contributed by atoms with E-state index in [4.69, 9.17) is 4.42 Å². The zero-order valence-electron chi connectivity index (χ0n) is 11.2. The molecule has 0 fully saturated rings. The molecule has 3 nitrogen and oxygen atoms in total. The van der Waals surface area contributed by atoms with Gasteiger partial charge in [0, 0.05) is 24.4 Å². The van der Waals surface area contributed by atoms with Gasteiger partial charge < -0.3 is 9.73 Å². The molecular weight excluding hydrogens is 269 g/mol. The van der Waals surface area contributed by atoms with Gasteiger partial charge in [-0.3, -0.25) is 4.98 Å². The quantitative estimate of drug-likeness (QED) is 0.932. The van der Waals surface area contributed by atoms with Gasteiger partial charge in [-0.05, 0) is 25.2 Å². The zero-order valence-corrected chi connectivity index (χ0v) is 11.2. The van der Waals surface area contributed by atoms with Crippen LogP contribution in [0, 0.1) is 0 Å². The molecular formula is C14H15F3N2O. The molecule has 108 valence electrons. The molecule has 6 heteroatoms. The van der Waals surface area contributed by atoms with E-state index in [-0.39, 0.29) is 5.56 Å². The molecule has 0 aliphatic carbocycles. The van der Waals surface area contributed by atoms with Crippen molar-refractivity contribution in [2.75, 3.05) is 7.05 Å². The normalized spacial score (nSPS) is 13.4. The average Bonchev–Trinajstić information content (AvgIpc) is 2.88. The number of nitrogens with one attached hydrogen (secondary N) is 1. The Morgan fingerprint density at radius 2 is 2.05 bits per heavy atom. The molecule has 2 rings (SSSR count).